The predicted molar refractivity (Wildman–Crippen MR) is 124 cm³/mol. The van der Waals surface area contributed by atoms with Gasteiger partial charge in [0, 0.05) is 38.4 Å². The quantitative estimate of drug-likeness (QED) is 0.283. The van der Waals surface area contributed by atoms with E-state index in [-0.39, 0.29) is 0 Å². The maximum Gasteiger partial charge on any atom is 0.159 e. The van der Waals surface area contributed by atoms with Gasteiger partial charge in [-0.05, 0) is 44.2 Å². The highest BCUT2D eigenvalue weighted by Crippen LogP contribution is 2.42. The average Bonchev–Trinajstić information content (AvgIpc) is 3.41. The van der Waals surface area contributed by atoms with Crippen molar-refractivity contribution in [2.24, 2.45) is 0 Å². The standard InChI is InChI=1S/C27H19NO2/c1-15(2)28-22-13-21-17-8-4-5-9-23(17)29-25(21)14-20(22)18-11-12-19-16-7-3-6-10-24(16)30-27(19)26(18)28/h3-15H,1-2H3. The molecule has 0 saturated heterocycles. The van der Waals surface area contributed by atoms with E-state index in [0.29, 0.717) is 6.04 Å². The van der Waals surface area contributed by atoms with Crippen LogP contribution in [0, 0.1) is 0 Å². The molecule has 30 heavy (non-hydrogen) atoms. The van der Waals surface area contributed by atoms with E-state index in [0.717, 1.165) is 49.4 Å². The number of aromatic nitrogens is 1. The molecule has 7 rings (SSSR count). The Labute approximate surface area is 172 Å². The molecule has 0 bridgehead atoms. The van der Waals surface area contributed by atoms with Crippen LogP contribution >= 0.6 is 0 Å². The summed E-state index contributed by atoms with van der Waals surface area (Å²) in [5, 5.41) is 7.04. The molecule has 0 aliphatic heterocycles. The fraction of sp³-hybridized carbons (Fsp3) is 0.111. The van der Waals surface area contributed by atoms with E-state index >= 15 is 0 Å². The van der Waals surface area contributed by atoms with Gasteiger partial charge in [0.25, 0.3) is 0 Å². The minimum atomic E-state index is 0.291. The Hall–Kier alpha value is -3.72. The lowest BCUT2D eigenvalue weighted by atomic mass is 10.1. The van der Waals surface area contributed by atoms with E-state index < -0.39 is 0 Å². The van der Waals surface area contributed by atoms with E-state index in [4.69, 9.17) is 8.83 Å². The minimum absolute atomic E-state index is 0.291. The summed E-state index contributed by atoms with van der Waals surface area (Å²) in [5.74, 6) is 0. The maximum atomic E-state index is 6.39. The number of fused-ring (bicyclic) bond motifs is 10. The zero-order valence-corrected chi connectivity index (χ0v) is 16.8. The molecule has 3 heterocycles. The monoisotopic (exact) mass is 389 g/mol. The Morgan fingerprint density at radius 3 is 2.03 bits per heavy atom. The Balaban J connectivity index is 1.74. The SMILES string of the molecule is CC(C)n1c2cc3c(cc2c2ccc4c5ccccc5oc4c21)oc1ccccc13. The molecule has 0 aliphatic carbocycles. The van der Waals surface area contributed by atoms with Gasteiger partial charge in [-0.25, -0.2) is 0 Å². The molecule has 7 aromatic rings. The smallest absolute Gasteiger partial charge is 0.159 e. The van der Waals surface area contributed by atoms with Gasteiger partial charge in [0.1, 0.15) is 16.7 Å². The van der Waals surface area contributed by atoms with Gasteiger partial charge >= 0.3 is 0 Å². The van der Waals surface area contributed by atoms with Gasteiger partial charge in [0.15, 0.2) is 5.58 Å². The van der Waals surface area contributed by atoms with Crippen molar-refractivity contribution >= 4 is 65.7 Å². The van der Waals surface area contributed by atoms with E-state index in [1.165, 1.54) is 16.3 Å². The first-order valence-electron chi connectivity index (χ1n) is 10.4. The number of furan rings is 2. The molecule has 144 valence electrons. The molecular weight excluding hydrogens is 370 g/mol. The third kappa shape index (κ3) is 1.90. The van der Waals surface area contributed by atoms with Crippen LogP contribution in [0.25, 0.3) is 65.7 Å². The van der Waals surface area contributed by atoms with Crippen LogP contribution in [0.5, 0.6) is 0 Å². The van der Waals surface area contributed by atoms with Crippen LogP contribution in [0.4, 0.5) is 0 Å². The van der Waals surface area contributed by atoms with Gasteiger partial charge in [0.05, 0.1) is 11.0 Å². The van der Waals surface area contributed by atoms with Crippen LogP contribution in [0.2, 0.25) is 0 Å². The molecule has 0 radical (unpaired) electrons. The van der Waals surface area contributed by atoms with E-state index in [1.807, 2.05) is 24.3 Å². The summed E-state index contributed by atoms with van der Waals surface area (Å²) in [6.45, 7) is 4.47. The Morgan fingerprint density at radius 2 is 1.27 bits per heavy atom. The summed E-state index contributed by atoms with van der Waals surface area (Å²) in [4.78, 5) is 0. The summed E-state index contributed by atoms with van der Waals surface area (Å²) in [6.07, 6.45) is 0. The van der Waals surface area contributed by atoms with Crippen LogP contribution in [0.15, 0.2) is 81.6 Å². The molecule has 0 saturated carbocycles. The van der Waals surface area contributed by atoms with Crippen molar-refractivity contribution in [3.05, 3.63) is 72.8 Å². The van der Waals surface area contributed by atoms with Crippen molar-refractivity contribution in [3.63, 3.8) is 0 Å². The summed E-state index contributed by atoms with van der Waals surface area (Å²) < 4.78 is 15.0. The summed E-state index contributed by atoms with van der Waals surface area (Å²) >= 11 is 0. The molecule has 0 atom stereocenters. The lowest BCUT2D eigenvalue weighted by Crippen LogP contribution is -1.99. The number of rotatable bonds is 1. The van der Waals surface area contributed by atoms with Crippen LogP contribution in [0.1, 0.15) is 19.9 Å². The van der Waals surface area contributed by atoms with Gasteiger partial charge in [-0.3, -0.25) is 0 Å². The van der Waals surface area contributed by atoms with Crippen molar-refractivity contribution in [1.29, 1.82) is 0 Å². The largest absolute Gasteiger partial charge is 0.456 e. The molecule has 0 amide bonds. The van der Waals surface area contributed by atoms with Crippen molar-refractivity contribution < 1.29 is 8.83 Å². The maximum absolute atomic E-state index is 6.39. The lowest BCUT2D eigenvalue weighted by Gasteiger charge is -2.11. The van der Waals surface area contributed by atoms with Crippen LogP contribution in [0.3, 0.4) is 0 Å². The minimum Gasteiger partial charge on any atom is -0.456 e. The third-order valence-electron chi connectivity index (χ3n) is 6.32. The zero-order chi connectivity index (χ0) is 20.0. The van der Waals surface area contributed by atoms with E-state index in [2.05, 4.69) is 66.9 Å². The second kappa shape index (κ2) is 5.45. The van der Waals surface area contributed by atoms with Crippen LogP contribution < -0.4 is 0 Å². The number of hydrogen-bond donors (Lipinski definition) is 0. The highest BCUT2D eigenvalue weighted by Gasteiger charge is 2.20. The Bertz CT molecular complexity index is 1780. The van der Waals surface area contributed by atoms with Crippen LogP contribution in [-0.2, 0) is 0 Å². The van der Waals surface area contributed by atoms with Crippen molar-refractivity contribution in [2.45, 2.75) is 19.9 Å². The molecule has 0 aliphatic rings. The molecule has 0 fully saturated rings. The van der Waals surface area contributed by atoms with Crippen molar-refractivity contribution in [1.82, 2.24) is 4.57 Å². The van der Waals surface area contributed by atoms with Crippen molar-refractivity contribution in [2.75, 3.05) is 0 Å². The van der Waals surface area contributed by atoms with Gasteiger partial charge in [-0.2, -0.15) is 0 Å². The highest BCUT2D eigenvalue weighted by molar-refractivity contribution is 6.23. The molecule has 0 unspecified atom stereocenters. The lowest BCUT2D eigenvalue weighted by molar-refractivity contribution is 0.630. The van der Waals surface area contributed by atoms with Gasteiger partial charge in [-0.15, -0.1) is 0 Å². The second-order valence-electron chi connectivity index (χ2n) is 8.36. The highest BCUT2D eigenvalue weighted by atomic mass is 16.3. The molecule has 0 N–H and O–H groups in total. The number of benzene rings is 4. The van der Waals surface area contributed by atoms with E-state index in [9.17, 15) is 0 Å². The summed E-state index contributed by atoms with van der Waals surface area (Å²) in [6, 6.07) is 25.7. The molecule has 3 heteroatoms. The number of para-hydroxylation sites is 2. The van der Waals surface area contributed by atoms with Gasteiger partial charge in [0.2, 0.25) is 0 Å². The number of hydrogen-bond acceptors (Lipinski definition) is 2. The normalized spacial score (nSPS) is 12.6. The first-order valence-corrected chi connectivity index (χ1v) is 10.4. The Morgan fingerprint density at radius 1 is 0.600 bits per heavy atom. The molecule has 3 nitrogen and oxygen atoms in total. The second-order valence-corrected chi connectivity index (χ2v) is 8.36. The molecule has 4 aromatic carbocycles. The summed E-state index contributed by atoms with van der Waals surface area (Å²) in [5.41, 5.74) is 6.12. The molecular formula is C27H19NO2. The van der Waals surface area contributed by atoms with Gasteiger partial charge in [-0.1, -0.05) is 42.5 Å². The molecule has 3 aromatic heterocycles. The van der Waals surface area contributed by atoms with Crippen molar-refractivity contribution in [3.8, 4) is 0 Å². The predicted octanol–water partition coefficient (Wildman–Crippen LogP) is 8.17. The first-order chi connectivity index (χ1) is 14.7. The van der Waals surface area contributed by atoms with Crippen LogP contribution in [-0.4, -0.2) is 4.57 Å². The molecule has 0 spiro atoms. The van der Waals surface area contributed by atoms with Gasteiger partial charge < -0.3 is 13.4 Å². The fourth-order valence-corrected chi connectivity index (χ4v) is 5.06. The third-order valence-corrected chi connectivity index (χ3v) is 6.32. The topological polar surface area (TPSA) is 31.2 Å². The number of nitrogens with zero attached hydrogens (tertiary/aromatic N) is 1. The zero-order valence-electron chi connectivity index (χ0n) is 16.8. The first kappa shape index (κ1) is 16.1. The average molecular weight is 389 g/mol. The Kier molecular flexibility index (Phi) is 2.93. The summed E-state index contributed by atoms with van der Waals surface area (Å²) in [7, 11) is 0. The van der Waals surface area contributed by atoms with E-state index in [1.54, 1.807) is 0 Å². The fourth-order valence-electron chi connectivity index (χ4n) is 5.06.